The molecule has 2 aromatic carbocycles. The van der Waals surface area contributed by atoms with Crippen molar-refractivity contribution in [2.75, 3.05) is 17.2 Å². The molecule has 0 spiro atoms. The Hall–Kier alpha value is -3.37. The topological polar surface area (TPSA) is 97.0 Å². The molecule has 0 aliphatic rings. The number of hydrogen-bond donors (Lipinski definition) is 4. The Morgan fingerprint density at radius 2 is 1.84 bits per heavy atom. The van der Waals surface area contributed by atoms with Gasteiger partial charge in [-0.25, -0.2) is 9.48 Å². The molecular weight excluding hydrogens is 409 g/mol. The zero-order chi connectivity index (χ0) is 22.4. The number of para-hydroxylation sites is 1. The second-order valence-electron chi connectivity index (χ2n) is 7.05. The molecule has 10 heteroatoms. The quantitative estimate of drug-likeness (QED) is 0.454. The molecule has 0 saturated carbocycles. The number of rotatable bonds is 7. The molecule has 7 nitrogen and oxygen atoms in total. The van der Waals surface area contributed by atoms with Crippen molar-refractivity contribution in [2.45, 2.75) is 25.7 Å². The fourth-order valence-electron chi connectivity index (χ4n) is 2.85. The van der Waals surface area contributed by atoms with Crippen molar-refractivity contribution in [3.8, 4) is 5.69 Å². The molecule has 2 amide bonds. The minimum atomic E-state index is -4.66. The van der Waals surface area contributed by atoms with Gasteiger partial charge in [-0.3, -0.25) is 5.32 Å². The Kier molecular flexibility index (Phi) is 6.93. The van der Waals surface area contributed by atoms with Crippen LogP contribution in [0.2, 0.25) is 0 Å². The summed E-state index contributed by atoms with van der Waals surface area (Å²) in [4.78, 5) is 12.3. The Morgan fingerprint density at radius 1 is 1.10 bits per heavy atom. The van der Waals surface area contributed by atoms with Gasteiger partial charge in [0.1, 0.15) is 5.82 Å². The Balaban J connectivity index is 1.85. The summed E-state index contributed by atoms with van der Waals surface area (Å²) < 4.78 is 40.9. The third-order valence-corrected chi connectivity index (χ3v) is 4.22. The predicted octanol–water partition coefficient (Wildman–Crippen LogP) is 3.97. The number of anilines is 2. The van der Waals surface area contributed by atoms with Crippen molar-refractivity contribution in [1.29, 1.82) is 0 Å². The lowest BCUT2D eigenvalue weighted by Gasteiger charge is -2.12. The predicted molar refractivity (Wildman–Crippen MR) is 113 cm³/mol. The van der Waals surface area contributed by atoms with E-state index in [-0.39, 0.29) is 11.9 Å². The van der Waals surface area contributed by atoms with Gasteiger partial charge in [0, 0.05) is 30.9 Å². The second-order valence-corrected chi connectivity index (χ2v) is 7.05. The zero-order valence-electron chi connectivity index (χ0n) is 16.8. The van der Waals surface area contributed by atoms with Crippen LogP contribution in [0.15, 0.2) is 60.7 Å². The molecule has 1 heterocycles. The van der Waals surface area contributed by atoms with E-state index in [2.05, 4.69) is 21.0 Å². The fraction of sp³-hybridized carbons (Fsp3) is 0.238. The number of halogens is 3. The Labute approximate surface area is 177 Å². The molecule has 0 fully saturated rings. The molecule has 31 heavy (non-hydrogen) atoms. The van der Waals surface area contributed by atoms with Crippen LogP contribution in [0.25, 0.3) is 5.69 Å². The summed E-state index contributed by atoms with van der Waals surface area (Å²) in [6.07, 6.45) is -4.66. The van der Waals surface area contributed by atoms with E-state index < -0.39 is 17.9 Å². The van der Waals surface area contributed by atoms with Crippen LogP contribution in [0.1, 0.15) is 18.2 Å². The number of hydrogen-bond acceptors (Lipinski definition) is 4. The molecule has 3 rings (SSSR count). The molecule has 0 saturated heterocycles. The lowest BCUT2D eigenvalue weighted by molar-refractivity contribution is -0.141. The summed E-state index contributed by atoms with van der Waals surface area (Å²) >= 11 is 0. The summed E-state index contributed by atoms with van der Waals surface area (Å²) in [5.74, 6) is -0.110. The van der Waals surface area contributed by atoms with Crippen LogP contribution in [-0.2, 0) is 12.7 Å². The van der Waals surface area contributed by atoms with Crippen LogP contribution in [0.4, 0.5) is 29.5 Å². The third-order valence-electron chi connectivity index (χ3n) is 4.22. The largest absolute Gasteiger partial charge is 0.435 e. The Bertz CT molecular complexity index is 1020. The first-order valence-electron chi connectivity index (χ1n) is 9.58. The number of alkyl halides is 3. The minimum Gasteiger partial charge on any atom is -0.327 e. The van der Waals surface area contributed by atoms with Crippen LogP contribution in [-0.4, -0.2) is 28.4 Å². The normalized spacial score (nSPS) is 12.4. The standard InChI is InChI=1S/C21H23F3N6O/c1-14(25)12-26-13-15-6-5-9-17(10-15)30-19(11-18(29-30)21(22,23)24)28-20(31)27-16-7-3-2-4-8-16/h2-11,14,26H,12-13,25H2,1H3,(H2,27,28,31)/t14-/m0/s1. The summed E-state index contributed by atoms with van der Waals surface area (Å²) in [6, 6.07) is 15.5. The third kappa shape index (κ3) is 6.30. The van der Waals surface area contributed by atoms with Gasteiger partial charge in [-0.1, -0.05) is 30.3 Å². The molecule has 5 N–H and O–H groups in total. The van der Waals surface area contributed by atoms with Crippen LogP contribution in [0, 0.1) is 0 Å². The van der Waals surface area contributed by atoms with Gasteiger partial charge in [0.15, 0.2) is 5.69 Å². The van der Waals surface area contributed by atoms with Gasteiger partial charge in [0.05, 0.1) is 5.69 Å². The summed E-state index contributed by atoms with van der Waals surface area (Å²) in [5.41, 5.74) is 6.32. The van der Waals surface area contributed by atoms with Crippen molar-refractivity contribution < 1.29 is 18.0 Å². The molecule has 0 radical (unpaired) electrons. The number of nitrogens with two attached hydrogens (primary N) is 1. The molecule has 0 aliphatic carbocycles. The fourth-order valence-corrected chi connectivity index (χ4v) is 2.85. The highest BCUT2D eigenvalue weighted by atomic mass is 19.4. The lowest BCUT2D eigenvalue weighted by Crippen LogP contribution is -2.30. The monoisotopic (exact) mass is 432 g/mol. The maximum absolute atomic E-state index is 13.3. The molecule has 0 bridgehead atoms. The number of benzene rings is 2. The van der Waals surface area contributed by atoms with Gasteiger partial charge < -0.3 is 16.4 Å². The van der Waals surface area contributed by atoms with Crippen molar-refractivity contribution in [3.05, 3.63) is 71.9 Å². The highest BCUT2D eigenvalue weighted by Crippen LogP contribution is 2.31. The van der Waals surface area contributed by atoms with Gasteiger partial charge in [0.25, 0.3) is 0 Å². The molecule has 0 aliphatic heterocycles. The van der Waals surface area contributed by atoms with E-state index >= 15 is 0 Å². The lowest BCUT2D eigenvalue weighted by atomic mass is 10.2. The number of urea groups is 1. The first-order valence-corrected chi connectivity index (χ1v) is 9.58. The average molecular weight is 432 g/mol. The molecule has 164 valence electrons. The van der Waals surface area contributed by atoms with Crippen LogP contribution < -0.4 is 21.7 Å². The van der Waals surface area contributed by atoms with E-state index in [1.165, 1.54) is 0 Å². The number of nitrogens with one attached hydrogen (secondary N) is 3. The summed E-state index contributed by atoms with van der Waals surface area (Å²) in [7, 11) is 0. The van der Waals surface area contributed by atoms with E-state index in [0.29, 0.717) is 24.5 Å². The van der Waals surface area contributed by atoms with Gasteiger partial charge in [-0.05, 0) is 36.8 Å². The van der Waals surface area contributed by atoms with E-state index in [0.717, 1.165) is 16.3 Å². The smallest absolute Gasteiger partial charge is 0.327 e. The summed E-state index contributed by atoms with van der Waals surface area (Å²) in [5, 5.41) is 11.9. The minimum absolute atomic E-state index is 0.0254. The number of amides is 2. The number of aromatic nitrogens is 2. The SMILES string of the molecule is C[C@H](N)CNCc1cccc(-n2nc(C(F)(F)F)cc2NC(=O)Nc2ccccc2)c1. The van der Waals surface area contributed by atoms with Crippen molar-refractivity contribution in [1.82, 2.24) is 15.1 Å². The first-order chi connectivity index (χ1) is 14.7. The van der Waals surface area contributed by atoms with E-state index in [4.69, 9.17) is 5.73 Å². The van der Waals surface area contributed by atoms with Gasteiger partial charge in [-0.2, -0.15) is 18.3 Å². The summed E-state index contributed by atoms with van der Waals surface area (Å²) in [6.45, 7) is 2.95. The van der Waals surface area contributed by atoms with E-state index in [1.807, 2.05) is 13.0 Å². The second kappa shape index (κ2) is 9.63. The highest BCUT2D eigenvalue weighted by molar-refractivity contribution is 5.99. The average Bonchev–Trinajstić information content (AvgIpc) is 3.13. The molecule has 0 unspecified atom stereocenters. The highest BCUT2D eigenvalue weighted by Gasteiger charge is 2.35. The Morgan fingerprint density at radius 3 is 2.52 bits per heavy atom. The van der Waals surface area contributed by atoms with Crippen molar-refractivity contribution in [3.63, 3.8) is 0 Å². The van der Waals surface area contributed by atoms with Crippen LogP contribution in [0.5, 0.6) is 0 Å². The van der Waals surface area contributed by atoms with E-state index in [1.54, 1.807) is 48.5 Å². The van der Waals surface area contributed by atoms with E-state index in [9.17, 15) is 18.0 Å². The maximum atomic E-state index is 13.3. The van der Waals surface area contributed by atoms with Gasteiger partial charge in [0.2, 0.25) is 0 Å². The first kappa shape index (κ1) is 22.3. The van der Waals surface area contributed by atoms with Gasteiger partial charge in [-0.15, -0.1) is 0 Å². The molecule has 3 aromatic rings. The molecule has 1 atom stereocenters. The number of carbonyl (C=O) groups excluding carboxylic acids is 1. The van der Waals surface area contributed by atoms with Gasteiger partial charge >= 0.3 is 12.2 Å². The van der Waals surface area contributed by atoms with Crippen LogP contribution >= 0.6 is 0 Å². The zero-order valence-corrected chi connectivity index (χ0v) is 16.8. The van der Waals surface area contributed by atoms with Crippen molar-refractivity contribution >= 4 is 17.5 Å². The van der Waals surface area contributed by atoms with Crippen LogP contribution in [0.3, 0.4) is 0 Å². The maximum Gasteiger partial charge on any atom is 0.435 e. The molecular formula is C21H23F3N6O. The number of carbonyl (C=O) groups is 1. The van der Waals surface area contributed by atoms with Crippen molar-refractivity contribution in [2.24, 2.45) is 5.73 Å². The molecule has 1 aromatic heterocycles. The number of nitrogens with zero attached hydrogens (tertiary/aromatic N) is 2.